The lowest BCUT2D eigenvalue weighted by atomic mass is 9.95. The summed E-state index contributed by atoms with van der Waals surface area (Å²) in [7, 11) is 0. The molecule has 0 saturated carbocycles. The summed E-state index contributed by atoms with van der Waals surface area (Å²) in [6.45, 7) is 1.92. The van der Waals surface area contributed by atoms with E-state index in [1.165, 1.54) is 12.1 Å². The van der Waals surface area contributed by atoms with Crippen LogP contribution in [-0.4, -0.2) is 12.4 Å². The molecule has 1 heterocycles. The predicted octanol–water partition coefficient (Wildman–Crippen LogP) is 3.38. The molecule has 0 aliphatic carbocycles. The van der Waals surface area contributed by atoms with E-state index in [4.69, 9.17) is 4.74 Å². The molecule has 0 spiro atoms. The first-order valence-corrected chi connectivity index (χ1v) is 5.72. The number of carbonyl (C=O) groups excluding carboxylic acids is 1. The van der Waals surface area contributed by atoms with Crippen molar-refractivity contribution in [2.45, 2.75) is 6.92 Å². The Kier molecular flexibility index (Phi) is 2.40. The van der Waals surface area contributed by atoms with Crippen LogP contribution in [-0.2, 0) is 0 Å². The van der Waals surface area contributed by atoms with Crippen LogP contribution in [0.2, 0.25) is 0 Å². The maximum Gasteiger partial charge on any atom is 0.200 e. The summed E-state index contributed by atoms with van der Waals surface area (Å²) in [5, 5.41) is 0. The van der Waals surface area contributed by atoms with Gasteiger partial charge in [-0.1, -0.05) is 17.7 Å². The molecule has 0 unspecified atom stereocenters. The first-order valence-electron chi connectivity index (χ1n) is 5.72. The Hall–Kier alpha value is -2.16. The predicted molar refractivity (Wildman–Crippen MR) is 66.4 cm³/mol. The molecule has 0 amide bonds. The van der Waals surface area contributed by atoms with Crippen LogP contribution in [0.1, 0.15) is 15.9 Å². The van der Waals surface area contributed by atoms with Gasteiger partial charge in [-0.2, -0.15) is 0 Å². The van der Waals surface area contributed by atoms with E-state index in [-0.39, 0.29) is 18.2 Å². The molecule has 2 nitrogen and oxygen atoms in total. The lowest BCUT2D eigenvalue weighted by Gasteiger charge is -2.08. The van der Waals surface area contributed by atoms with Crippen LogP contribution >= 0.6 is 0 Å². The van der Waals surface area contributed by atoms with E-state index in [1.807, 2.05) is 25.1 Å². The van der Waals surface area contributed by atoms with Gasteiger partial charge in [0.2, 0.25) is 5.78 Å². The molecule has 2 aromatic rings. The zero-order valence-corrected chi connectivity index (χ0v) is 9.87. The van der Waals surface area contributed by atoms with Gasteiger partial charge in [0.05, 0.1) is 0 Å². The van der Waals surface area contributed by atoms with Crippen LogP contribution < -0.4 is 4.74 Å². The molecule has 0 atom stereocenters. The topological polar surface area (TPSA) is 26.3 Å². The average molecular weight is 242 g/mol. The van der Waals surface area contributed by atoms with Gasteiger partial charge in [-0.3, -0.25) is 4.79 Å². The first-order chi connectivity index (χ1) is 8.65. The van der Waals surface area contributed by atoms with E-state index in [0.717, 1.165) is 11.1 Å². The molecule has 2 aromatic carbocycles. The Morgan fingerprint density at radius 2 is 1.89 bits per heavy atom. The highest BCUT2D eigenvalue weighted by molar-refractivity contribution is 6.05. The van der Waals surface area contributed by atoms with Gasteiger partial charge in [-0.25, -0.2) is 4.39 Å². The van der Waals surface area contributed by atoms with Gasteiger partial charge in [0, 0.05) is 11.1 Å². The second-order valence-electron chi connectivity index (χ2n) is 4.40. The van der Waals surface area contributed by atoms with Crippen molar-refractivity contribution in [3.63, 3.8) is 0 Å². The molecule has 0 saturated heterocycles. The lowest BCUT2D eigenvalue weighted by molar-refractivity contribution is 0.0925. The number of carbonyl (C=O) groups is 1. The van der Waals surface area contributed by atoms with E-state index in [9.17, 15) is 9.18 Å². The van der Waals surface area contributed by atoms with Gasteiger partial charge in [0.15, 0.2) is 6.61 Å². The van der Waals surface area contributed by atoms with Crippen molar-refractivity contribution in [2.24, 2.45) is 0 Å². The minimum absolute atomic E-state index is 0.00488. The number of ketones is 1. The summed E-state index contributed by atoms with van der Waals surface area (Å²) in [4.78, 5) is 12.0. The number of Topliss-reactive ketones (excluding diaryl/α,β-unsaturated/α-hetero) is 1. The van der Waals surface area contributed by atoms with Crippen LogP contribution in [0, 0.1) is 12.7 Å². The number of hydrogen-bond donors (Lipinski definition) is 0. The SMILES string of the molecule is Cc1ccc2c(c1)C(=O)COc1ccc(F)cc1-2. The third-order valence-corrected chi connectivity index (χ3v) is 3.07. The van der Waals surface area contributed by atoms with E-state index in [1.54, 1.807) is 6.07 Å². The minimum atomic E-state index is -0.335. The van der Waals surface area contributed by atoms with Crippen molar-refractivity contribution in [1.82, 2.24) is 0 Å². The van der Waals surface area contributed by atoms with Gasteiger partial charge in [-0.05, 0) is 36.8 Å². The lowest BCUT2D eigenvalue weighted by Crippen LogP contribution is -2.09. The van der Waals surface area contributed by atoms with Crippen LogP contribution in [0.3, 0.4) is 0 Å². The first kappa shape index (κ1) is 11.0. The summed E-state index contributed by atoms with van der Waals surface area (Å²) < 4.78 is 18.8. The molecule has 0 bridgehead atoms. The molecule has 0 radical (unpaired) electrons. The second kappa shape index (κ2) is 3.95. The molecule has 3 rings (SSSR count). The van der Waals surface area contributed by atoms with Gasteiger partial charge >= 0.3 is 0 Å². The Labute approximate surface area is 104 Å². The summed E-state index contributed by atoms with van der Waals surface area (Å²) in [6.07, 6.45) is 0. The quantitative estimate of drug-likeness (QED) is 0.708. The second-order valence-corrected chi connectivity index (χ2v) is 4.40. The van der Waals surface area contributed by atoms with Gasteiger partial charge < -0.3 is 4.74 Å². The number of halogens is 1. The number of benzene rings is 2. The fourth-order valence-corrected chi connectivity index (χ4v) is 2.18. The van der Waals surface area contributed by atoms with Gasteiger partial charge in [0.25, 0.3) is 0 Å². The number of rotatable bonds is 0. The highest BCUT2D eigenvalue weighted by atomic mass is 19.1. The third-order valence-electron chi connectivity index (χ3n) is 3.07. The van der Waals surface area contributed by atoms with E-state index in [0.29, 0.717) is 16.9 Å². The minimum Gasteiger partial charge on any atom is -0.485 e. The Morgan fingerprint density at radius 1 is 1.06 bits per heavy atom. The Balaban J connectivity index is 2.32. The van der Waals surface area contributed by atoms with E-state index >= 15 is 0 Å². The number of aryl methyl sites for hydroxylation is 1. The zero-order valence-electron chi connectivity index (χ0n) is 9.87. The standard InChI is InChI=1S/C15H11FO2/c1-9-2-4-11-12(6-9)14(17)8-18-15-5-3-10(16)7-13(11)15/h2-7H,8H2,1H3. The molecular formula is C15H11FO2. The van der Waals surface area contributed by atoms with E-state index in [2.05, 4.69) is 0 Å². The van der Waals surface area contributed by atoms with Gasteiger partial charge in [0.1, 0.15) is 11.6 Å². The molecule has 90 valence electrons. The number of fused-ring (bicyclic) bond motifs is 3. The summed E-state index contributed by atoms with van der Waals surface area (Å²) >= 11 is 0. The van der Waals surface area contributed by atoms with Crippen molar-refractivity contribution >= 4 is 5.78 Å². The molecule has 0 N–H and O–H groups in total. The largest absolute Gasteiger partial charge is 0.485 e. The average Bonchev–Trinajstić information content (AvgIpc) is 2.48. The van der Waals surface area contributed by atoms with Crippen LogP contribution in [0.25, 0.3) is 11.1 Å². The van der Waals surface area contributed by atoms with Crippen molar-refractivity contribution in [1.29, 1.82) is 0 Å². The smallest absolute Gasteiger partial charge is 0.200 e. The Morgan fingerprint density at radius 3 is 2.72 bits per heavy atom. The van der Waals surface area contributed by atoms with E-state index < -0.39 is 0 Å². The molecule has 18 heavy (non-hydrogen) atoms. The fourth-order valence-electron chi connectivity index (χ4n) is 2.18. The highest BCUT2D eigenvalue weighted by Crippen LogP contribution is 2.36. The summed E-state index contributed by atoms with van der Waals surface area (Å²) in [5.41, 5.74) is 2.97. The normalized spacial score (nSPS) is 13.3. The van der Waals surface area contributed by atoms with Gasteiger partial charge in [-0.15, -0.1) is 0 Å². The van der Waals surface area contributed by atoms with Crippen molar-refractivity contribution in [3.05, 3.63) is 53.3 Å². The third kappa shape index (κ3) is 1.68. The van der Waals surface area contributed by atoms with Crippen molar-refractivity contribution in [3.8, 4) is 16.9 Å². The number of ether oxygens (including phenoxy) is 1. The summed E-state index contributed by atoms with van der Waals surface area (Å²) in [6, 6.07) is 9.88. The van der Waals surface area contributed by atoms with Crippen LogP contribution in [0.4, 0.5) is 4.39 Å². The van der Waals surface area contributed by atoms with Crippen LogP contribution in [0.5, 0.6) is 5.75 Å². The molecule has 3 heteroatoms. The molecule has 0 aromatic heterocycles. The van der Waals surface area contributed by atoms with Crippen molar-refractivity contribution in [2.75, 3.05) is 6.61 Å². The maximum atomic E-state index is 13.4. The number of hydrogen-bond acceptors (Lipinski definition) is 2. The molecular weight excluding hydrogens is 231 g/mol. The maximum absolute atomic E-state index is 13.4. The zero-order chi connectivity index (χ0) is 12.7. The molecule has 1 aliphatic rings. The monoisotopic (exact) mass is 242 g/mol. The fraction of sp³-hybridized carbons (Fsp3) is 0.133. The molecule has 1 aliphatic heterocycles. The van der Waals surface area contributed by atoms with Crippen molar-refractivity contribution < 1.29 is 13.9 Å². The Bertz CT molecular complexity index is 647. The van der Waals surface area contributed by atoms with Crippen LogP contribution in [0.15, 0.2) is 36.4 Å². The molecule has 0 fully saturated rings. The highest BCUT2D eigenvalue weighted by Gasteiger charge is 2.21. The summed E-state index contributed by atoms with van der Waals surface area (Å²) in [5.74, 6) is 0.135.